The zero-order valence-corrected chi connectivity index (χ0v) is 29.6. The van der Waals surface area contributed by atoms with Crippen LogP contribution >= 0.6 is 0 Å². The molecule has 1 unspecified atom stereocenters. The zero-order valence-electron chi connectivity index (χ0n) is 26.9. The number of fused-ring (bicyclic) bond motifs is 6. The van der Waals surface area contributed by atoms with Crippen molar-refractivity contribution in [1.29, 1.82) is 0 Å². The number of nitrogens with two attached hydrogens (primary N) is 1. The summed E-state index contributed by atoms with van der Waals surface area (Å²) in [5.41, 5.74) is 9.22. The van der Waals surface area contributed by atoms with Gasteiger partial charge in [0.1, 0.15) is 0 Å². The molecule has 0 saturated heterocycles. The summed E-state index contributed by atoms with van der Waals surface area (Å²) in [6.07, 6.45) is 7.21. The van der Waals surface area contributed by atoms with E-state index in [0.717, 1.165) is 43.6 Å². The fourth-order valence-electron chi connectivity index (χ4n) is 4.36. The van der Waals surface area contributed by atoms with E-state index in [9.17, 15) is 15.3 Å². The molecule has 17 heteroatoms. The number of benzene rings is 3. The molecule has 2 N–H and O–H groups in total. The van der Waals surface area contributed by atoms with Crippen LogP contribution in [0.5, 0.6) is 5.75 Å². The second-order valence-electron chi connectivity index (χ2n) is 10.3. The first kappa shape index (κ1) is 43.3. The fraction of sp³-hybridized carbons (Fsp3) is 0.0857. The van der Waals surface area contributed by atoms with Crippen LogP contribution in [0.15, 0.2) is 132 Å². The van der Waals surface area contributed by atoms with Gasteiger partial charge < -0.3 is 21.1 Å². The molecule has 7 rings (SSSR count). The molecule has 0 fully saturated rings. The average molecular weight is 821 g/mol. The third kappa shape index (κ3) is 13.4. The van der Waals surface area contributed by atoms with E-state index in [1.807, 2.05) is 24.3 Å². The zero-order chi connectivity index (χ0) is 36.1. The molecule has 0 saturated carbocycles. The molecule has 0 aliphatic rings. The number of pyridine rings is 4. The molecular weight excluding hydrogens is 793 g/mol. The summed E-state index contributed by atoms with van der Waals surface area (Å²) in [5, 5.41) is 38.3. The van der Waals surface area contributed by atoms with Gasteiger partial charge in [0.25, 0.3) is 0 Å². The van der Waals surface area contributed by atoms with Gasteiger partial charge in [-0.2, -0.15) is 0 Å². The van der Waals surface area contributed by atoms with Crippen molar-refractivity contribution in [2.24, 2.45) is 15.7 Å². The Morgan fingerprint density at radius 1 is 0.596 bits per heavy atom. The molecule has 1 atom stereocenters. The first-order valence-electron chi connectivity index (χ1n) is 14.7. The molecule has 274 valence electrons. The van der Waals surface area contributed by atoms with Crippen molar-refractivity contribution in [3.63, 3.8) is 0 Å². The molecule has 3 aromatic carbocycles. The molecular formula is C35H28ClCu2N7O7. The Morgan fingerprint density at radius 2 is 0.942 bits per heavy atom. The van der Waals surface area contributed by atoms with E-state index in [4.69, 9.17) is 24.4 Å². The predicted molar refractivity (Wildman–Crippen MR) is 173 cm³/mol. The smallest absolute Gasteiger partial charge is 0.871 e. The molecule has 14 nitrogen and oxygen atoms in total. The van der Waals surface area contributed by atoms with Crippen LogP contribution in [0.25, 0.3) is 43.6 Å². The largest absolute Gasteiger partial charge is 2.00 e. The van der Waals surface area contributed by atoms with Crippen molar-refractivity contribution in [2.75, 3.05) is 6.54 Å². The summed E-state index contributed by atoms with van der Waals surface area (Å²) in [6, 6.07) is 29.7. The van der Waals surface area contributed by atoms with Gasteiger partial charge in [-0.05, 0) is 49.1 Å². The molecule has 2 radical (unpaired) electrons. The number of nitrogens with zero attached hydrogens (tertiary/aromatic N) is 6. The molecule has 0 bridgehead atoms. The van der Waals surface area contributed by atoms with Gasteiger partial charge >= 0.3 is 34.1 Å². The number of aromatic nitrogens is 4. The van der Waals surface area contributed by atoms with E-state index in [2.05, 4.69) is 78.5 Å². The summed E-state index contributed by atoms with van der Waals surface area (Å²) >= 11 is 0. The summed E-state index contributed by atoms with van der Waals surface area (Å²) in [5.74, 6) is -2.47. The average Bonchev–Trinajstić information content (AvgIpc) is 3.11. The van der Waals surface area contributed by atoms with Gasteiger partial charge in [-0.3, -0.25) is 29.9 Å². The SMILES string of the molecule is CC(N)CN=C([O-])C([O-])=Nc1ccccc1[O-].[Cu+2].[Cu+2].[O-][Cl+3]([O-])([O-])[O-].c1cnc2c(c1)ccc1cccnc12.c1cnc2c(c1)ccc1cccnc12. The van der Waals surface area contributed by atoms with Gasteiger partial charge in [-0.25, -0.2) is 18.6 Å². The molecule has 4 heterocycles. The molecule has 7 aromatic rings. The number of rotatable bonds is 3. The Kier molecular flexibility index (Phi) is 17.4. The maximum atomic E-state index is 11.3. The first-order chi connectivity index (χ1) is 23.9. The monoisotopic (exact) mass is 819 g/mol. The van der Waals surface area contributed by atoms with Gasteiger partial charge in [0.2, 0.25) is 0 Å². The van der Waals surface area contributed by atoms with Gasteiger partial charge in [0, 0.05) is 52.4 Å². The van der Waals surface area contributed by atoms with Crippen LogP contribution in [-0.4, -0.2) is 44.3 Å². The van der Waals surface area contributed by atoms with Crippen LogP contribution in [0.4, 0.5) is 5.69 Å². The third-order valence-electron chi connectivity index (χ3n) is 6.48. The van der Waals surface area contributed by atoms with Crippen LogP contribution < -0.4 is 39.7 Å². The Bertz CT molecular complexity index is 2030. The molecule has 0 amide bonds. The molecule has 52 heavy (non-hydrogen) atoms. The van der Waals surface area contributed by atoms with Crippen LogP contribution in [0.1, 0.15) is 6.92 Å². The number of para-hydroxylation sites is 2. The van der Waals surface area contributed by atoms with Crippen molar-refractivity contribution >= 4 is 61.1 Å². The van der Waals surface area contributed by atoms with E-state index in [1.54, 1.807) is 37.8 Å². The van der Waals surface area contributed by atoms with Crippen LogP contribution in [0.2, 0.25) is 0 Å². The minimum absolute atomic E-state index is 0. The molecule has 4 aromatic heterocycles. The Labute approximate surface area is 320 Å². The van der Waals surface area contributed by atoms with E-state index in [0.29, 0.717) is 0 Å². The normalized spacial score (nSPS) is 11.8. The van der Waals surface area contributed by atoms with Crippen molar-refractivity contribution in [3.05, 3.63) is 122 Å². The van der Waals surface area contributed by atoms with Crippen molar-refractivity contribution in [3.8, 4) is 5.75 Å². The second kappa shape index (κ2) is 20.9. The van der Waals surface area contributed by atoms with Gasteiger partial charge in [0.05, 0.1) is 34.3 Å². The van der Waals surface area contributed by atoms with E-state index >= 15 is 0 Å². The van der Waals surface area contributed by atoms with E-state index in [1.165, 1.54) is 18.2 Å². The number of hydrogen-bond donors (Lipinski definition) is 1. The Hall–Kier alpha value is -4.83. The number of halogens is 1. The second-order valence-corrected chi connectivity index (χ2v) is 11.1. The van der Waals surface area contributed by atoms with Crippen molar-refractivity contribution in [1.82, 2.24) is 19.9 Å². The topological polar surface area (TPSA) is 264 Å². The summed E-state index contributed by atoms with van der Waals surface area (Å²) in [6.45, 7) is 1.71. The number of hydrogen-bond acceptors (Lipinski definition) is 14. The molecule has 0 spiro atoms. The summed E-state index contributed by atoms with van der Waals surface area (Å²) < 4.78 is 34.0. The number of aliphatic imine (C=N–C) groups is 2. The minimum atomic E-state index is -4.94. The molecule has 0 aliphatic heterocycles. The van der Waals surface area contributed by atoms with Gasteiger partial charge in [-0.1, -0.05) is 72.5 Å². The maximum absolute atomic E-state index is 11.3. The minimum Gasteiger partial charge on any atom is -0.871 e. The maximum Gasteiger partial charge on any atom is 2.00 e. The first-order valence-corrected chi connectivity index (χ1v) is 15.9. The summed E-state index contributed by atoms with van der Waals surface area (Å²) in [7, 11) is -4.94. The van der Waals surface area contributed by atoms with Crippen LogP contribution in [0.3, 0.4) is 0 Å². The Morgan fingerprint density at radius 3 is 1.27 bits per heavy atom. The van der Waals surface area contributed by atoms with Crippen LogP contribution in [0, 0.1) is 10.2 Å². The van der Waals surface area contributed by atoms with Gasteiger partial charge in [0.15, 0.2) is 0 Å². The van der Waals surface area contributed by atoms with Crippen LogP contribution in [-0.2, 0) is 34.1 Å². The predicted octanol–water partition coefficient (Wildman–Crippen LogP) is -0.938. The molecule has 0 aliphatic carbocycles. The third-order valence-corrected chi connectivity index (χ3v) is 6.48. The quantitative estimate of drug-likeness (QED) is 0.0980. The van der Waals surface area contributed by atoms with Gasteiger partial charge in [-0.15, -0.1) is 10.2 Å². The summed E-state index contributed by atoms with van der Waals surface area (Å²) in [4.78, 5) is 24.2. The van der Waals surface area contributed by atoms with Crippen molar-refractivity contribution in [2.45, 2.75) is 13.0 Å². The Balaban J connectivity index is 0.000000250. The van der Waals surface area contributed by atoms with Crippen molar-refractivity contribution < 1.29 is 78.3 Å². The van der Waals surface area contributed by atoms with E-state index in [-0.39, 0.29) is 52.4 Å². The standard InChI is InChI=1S/2C12H8N2.C11H15N3O3.ClHO4.2Cu/c2*1-3-9-5-6-10-4-2-8-14-12(10)11(9)13-7-1;1-7(12)6-13-10(16)11(17)14-8-4-2-3-5-9(8)15;2-1(3,4)5;;/h2*1-8H;2-5,7,15H,6,12H2,1H3,(H,13,16)(H,14,17);(H,2,3,4,5);;/q;;;;2*+2/p-4. The van der Waals surface area contributed by atoms with E-state index < -0.39 is 27.8 Å². The fourth-order valence-corrected chi connectivity index (χ4v) is 4.36.